The molecule has 1 aromatic rings. The van der Waals surface area contributed by atoms with Gasteiger partial charge in [0, 0.05) is 12.1 Å². The molecule has 1 rings (SSSR count). The van der Waals surface area contributed by atoms with Gasteiger partial charge in [0.2, 0.25) is 0 Å². The number of nitrogens with two attached hydrogens (primary N) is 2. The molecule has 0 fully saturated rings. The zero-order chi connectivity index (χ0) is 14.6. The highest BCUT2D eigenvalue weighted by atomic mass is 16.6. The maximum absolute atomic E-state index is 10.7. The lowest BCUT2D eigenvalue weighted by molar-refractivity contribution is -0.385. The molecular formula is C12H20N4O3. The van der Waals surface area contributed by atoms with Crippen LogP contribution in [0.15, 0.2) is 12.3 Å². The molecule has 19 heavy (non-hydrogen) atoms. The number of nitrogens with zero attached hydrogens (tertiary/aromatic N) is 2. The first-order chi connectivity index (χ1) is 8.86. The number of rotatable bonds is 6. The Labute approximate surface area is 112 Å². The Balaban J connectivity index is 2.95. The number of pyridine rings is 1. The molecule has 106 valence electrons. The van der Waals surface area contributed by atoms with E-state index in [9.17, 15) is 10.1 Å². The Kier molecular flexibility index (Phi) is 5.34. The molecule has 0 saturated heterocycles. The van der Waals surface area contributed by atoms with Crippen LogP contribution in [0, 0.1) is 17.0 Å². The van der Waals surface area contributed by atoms with Crippen molar-refractivity contribution in [3.63, 3.8) is 0 Å². The predicted molar refractivity (Wildman–Crippen MR) is 71.6 cm³/mol. The van der Waals surface area contributed by atoms with E-state index in [2.05, 4.69) is 4.98 Å². The largest absolute Gasteiger partial charge is 0.372 e. The van der Waals surface area contributed by atoms with Crippen molar-refractivity contribution in [3.8, 4) is 0 Å². The average molecular weight is 268 g/mol. The molecule has 0 aliphatic heterocycles. The lowest BCUT2D eigenvalue weighted by Crippen LogP contribution is -2.37. The maximum atomic E-state index is 10.7. The molecule has 0 aliphatic rings. The Morgan fingerprint density at radius 1 is 1.53 bits per heavy atom. The van der Waals surface area contributed by atoms with Crippen molar-refractivity contribution >= 4 is 5.69 Å². The second-order valence-electron chi connectivity index (χ2n) is 4.64. The van der Waals surface area contributed by atoms with Crippen molar-refractivity contribution < 1.29 is 9.66 Å². The molecule has 0 spiro atoms. The fourth-order valence-corrected chi connectivity index (χ4v) is 1.77. The normalized spacial score (nSPS) is 14.4. The lowest BCUT2D eigenvalue weighted by Gasteiger charge is -2.24. The Hall–Kier alpha value is -1.57. The van der Waals surface area contributed by atoms with E-state index in [0.29, 0.717) is 11.3 Å². The minimum Gasteiger partial charge on any atom is -0.372 e. The van der Waals surface area contributed by atoms with E-state index in [4.69, 9.17) is 16.2 Å². The zero-order valence-corrected chi connectivity index (χ0v) is 11.4. The Morgan fingerprint density at radius 3 is 2.58 bits per heavy atom. The van der Waals surface area contributed by atoms with Gasteiger partial charge in [-0.05, 0) is 26.8 Å². The second-order valence-corrected chi connectivity index (χ2v) is 4.64. The molecule has 0 bridgehead atoms. The third-order valence-electron chi connectivity index (χ3n) is 2.72. The minimum atomic E-state index is -0.507. The average Bonchev–Trinajstić information content (AvgIpc) is 2.34. The summed E-state index contributed by atoms with van der Waals surface area (Å²) >= 11 is 0. The maximum Gasteiger partial charge on any atom is 0.290 e. The van der Waals surface area contributed by atoms with Crippen LogP contribution in [0.1, 0.15) is 31.1 Å². The molecule has 0 aromatic carbocycles. The monoisotopic (exact) mass is 268 g/mol. The van der Waals surface area contributed by atoms with Crippen LogP contribution in [0.2, 0.25) is 0 Å². The predicted octanol–water partition coefficient (Wildman–Crippen LogP) is 1.05. The van der Waals surface area contributed by atoms with E-state index in [0.717, 1.165) is 0 Å². The summed E-state index contributed by atoms with van der Waals surface area (Å²) in [4.78, 5) is 14.3. The van der Waals surface area contributed by atoms with Crippen LogP contribution in [0.5, 0.6) is 0 Å². The molecule has 0 saturated carbocycles. The fourth-order valence-electron chi connectivity index (χ4n) is 1.77. The first-order valence-corrected chi connectivity index (χ1v) is 6.08. The van der Waals surface area contributed by atoms with Gasteiger partial charge in [-0.25, -0.2) is 0 Å². The molecule has 4 N–H and O–H groups in total. The molecule has 0 radical (unpaired) electrons. The first-order valence-electron chi connectivity index (χ1n) is 6.08. The molecular weight excluding hydrogens is 248 g/mol. The van der Waals surface area contributed by atoms with Gasteiger partial charge in [0.05, 0.1) is 28.9 Å². The topological polar surface area (TPSA) is 117 Å². The van der Waals surface area contributed by atoms with Gasteiger partial charge in [-0.1, -0.05) is 0 Å². The van der Waals surface area contributed by atoms with Gasteiger partial charge in [0.1, 0.15) is 6.20 Å². The Bertz CT molecular complexity index is 451. The highest BCUT2D eigenvalue weighted by Gasteiger charge is 2.23. The van der Waals surface area contributed by atoms with Gasteiger partial charge < -0.3 is 16.2 Å². The molecule has 1 heterocycles. The number of nitro groups is 1. The van der Waals surface area contributed by atoms with Gasteiger partial charge in [-0.3, -0.25) is 15.1 Å². The van der Waals surface area contributed by atoms with Crippen LogP contribution in [0.3, 0.4) is 0 Å². The summed E-state index contributed by atoms with van der Waals surface area (Å²) in [6.45, 7) is 5.70. The molecule has 7 nitrogen and oxygen atoms in total. The zero-order valence-electron chi connectivity index (χ0n) is 11.4. The summed E-state index contributed by atoms with van der Waals surface area (Å²) in [5, 5.41) is 10.7. The van der Waals surface area contributed by atoms with E-state index >= 15 is 0 Å². The number of aryl methyl sites for hydroxylation is 1. The van der Waals surface area contributed by atoms with Crippen molar-refractivity contribution in [1.29, 1.82) is 0 Å². The van der Waals surface area contributed by atoms with Crippen LogP contribution >= 0.6 is 0 Å². The minimum absolute atomic E-state index is 0.00116. The summed E-state index contributed by atoms with van der Waals surface area (Å²) in [6, 6.07) is 1.10. The molecule has 2 atom stereocenters. The van der Waals surface area contributed by atoms with Crippen LogP contribution in [-0.4, -0.2) is 28.7 Å². The molecule has 7 heteroatoms. The van der Waals surface area contributed by atoms with Gasteiger partial charge >= 0.3 is 0 Å². The van der Waals surface area contributed by atoms with Crippen LogP contribution in [0.4, 0.5) is 5.69 Å². The molecule has 2 unspecified atom stereocenters. The number of aromatic nitrogens is 1. The summed E-state index contributed by atoms with van der Waals surface area (Å²) in [7, 11) is 0. The molecule has 0 amide bonds. The SMILES string of the molecule is Cc1cc(C(N)C(CN)OC(C)C)ncc1[N+](=O)[O-]. The quantitative estimate of drug-likeness (QED) is 0.588. The number of ether oxygens (including phenoxy) is 1. The molecule has 1 aromatic heterocycles. The van der Waals surface area contributed by atoms with Crippen molar-refractivity contribution in [2.75, 3.05) is 6.54 Å². The van der Waals surface area contributed by atoms with Crippen molar-refractivity contribution in [3.05, 3.63) is 33.6 Å². The number of hydrogen-bond donors (Lipinski definition) is 2. The highest BCUT2D eigenvalue weighted by molar-refractivity contribution is 5.38. The summed E-state index contributed by atoms with van der Waals surface area (Å²) in [5.41, 5.74) is 12.7. The van der Waals surface area contributed by atoms with E-state index < -0.39 is 11.0 Å². The first kappa shape index (κ1) is 15.5. The van der Waals surface area contributed by atoms with Gasteiger partial charge in [-0.15, -0.1) is 0 Å². The summed E-state index contributed by atoms with van der Waals surface area (Å²) < 4.78 is 5.61. The second kappa shape index (κ2) is 6.55. The molecule has 0 aliphatic carbocycles. The van der Waals surface area contributed by atoms with Crippen molar-refractivity contribution in [2.24, 2.45) is 11.5 Å². The smallest absolute Gasteiger partial charge is 0.290 e. The van der Waals surface area contributed by atoms with Crippen molar-refractivity contribution in [2.45, 2.75) is 39.0 Å². The third-order valence-corrected chi connectivity index (χ3v) is 2.72. The summed E-state index contributed by atoms with van der Waals surface area (Å²) in [5.74, 6) is 0. The highest BCUT2D eigenvalue weighted by Crippen LogP contribution is 2.21. The van der Waals surface area contributed by atoms with E-state index in [1.807, 2.05) is 13.8 Å². The van der Waals surface area contributed by atoms with Gasteiger partial charge in [0.15, 0.2) is 0 Å². The van der Waals surface area contributed by atoms with E-state index in [1.165, 1.54) is 6.20 Å². The van der Waals surface area contributed by atoms with Crippen LogP contribution in [0.25, 0.3) is 0 Å². The number of hydrogen-bond acceptors (Lipinski definition) is 6. The van der Waals surface area contributed by atoms with Crippen molar-refractivity contribution in [1.82, 2.24) is 4.98 Å². The van der Waals surface area contributed by atoms with Gasteiger partial charge in [0.25, 0.3) is 5.69 Å². The van der Waals surface area contributed by atoms with Crippen LogP contribution < -0.4 is 11.5 Å². The third kappa shape index (κ3) is 3.95. The Morgan fingerprint density at radius 2 is 2.16 bits per heavy atom. The van der Waals surface area contributed by atoms with Gasteiger partial charge in [-0.2, -0.15) is 0 Å². The summed E-state index contributed by atoms with van der Waals surface area (Å²) in [6.07, 6.45) is 0.847. The standard InChI is InChI=1S/C12H20N4O3/c1-7(2)19-11(5-13)12(14)9-4-8(3)10(6-15-9)16(17)18/h4,6-7,11-12H,5,13-14H2,1-3H3. The lowest BCUT2D eigenvalue weighted by atomic mass is 10.1. The fraction of sp³-hybridized carbons (Fsp3) is 0.583. The van der Waals surface area contributed by atoms with E-state index in [-0.39, 0.29) is 24.4 Å². The van der Waals surface area contributed by atoms with E-state index in [1.54, 1.807) is 13.0 Å². The van der Waals surface area contributed by atoms with Crippen LogP contribution in [-0.2, 0) is 4.74 Å².